The van der Waals surface area contributed by atoms with Crippen molar-refractivity contribution in [2.45, 2.75) is 18.9 Å². The minimum absolute atomic E-state index is 0.0105. The molecule has 1 aliphatic rings. The van der Waals surface area contributed by atoms with Crippen LogP contribution in [0.2, 0.25) is 0 Å². The third-order valence-electron chi connectivity index (χ3n) is 5.00. The van der Waals surface area contributed by atoms with Crippen molar-refractivity contribution in [3.63, 3.8) is 0 Å². The number of piperidine rings is 1. The maximum atomic E-state index is 12.5. The number of amides is 3. The second-order valence-electron chi connectivity index (χ2n) is 7.03. The number of hydrogen-bond acceptors (Lipinski definition) is 5. The van der Waals surface area contributed by atoms with Crippen LogP contribution in [0, 0.1) is 0 Å². The van der Waals surface area contributed by atoms with E-state index in [4.69, 9.17) is 4.42 Å². The Labute approximate surface area is 177 Å². The molecule has 1 aliphatic heterocycles. The summed E-state index contributed by atoms with van der Waals surface area (Å²) in [5.41, 5.74) is 1.16. The molecule has 1 aromatic carbocycles. The zero-order chi connectivity index (χ0) is 20.9. The van der Waals surface area contributed by atoms with E-state index < -0.39 is 0 Å². The molecule has 3 aromatic rings. The van der Waals surface area contributed by atoms with E-state index >= 15 is 0 Å². The van der Waals surface area contributed by atoms with Gasteiger partial charge in [-0.2, -0.15) is 0 Å². The van der Waals surface area contributed by atoms with E-state index in [1.165, 1.54) is 17.6 Å². The fraction of sp³-hybridized carbons (Fsp3) is 0.227. The Balaban J connectivity index is 1.27. The van der Waals surface area contributed by atoms with Crippen LogP contribution in [0.4, 0.5) is 5.69 Å². The first-order chi connectivity index (χ1) is 14.6. The van der Waals surface area contributed by atoms with E-state index in [0.717, 1.165) is 0 Å². The van der Waals surface area contributed by atoms with Crippen LogP contribution in [0.1, 0.15) is 43.4 Å². The van der Waals surface area contributed by atoms with Crippen molar-refractivity contribution < 1.29 is 18.8 Å². The summed E-state index contributed by atoms with van der Waals surface area (Å²) in [6.07, 6.45) is 2.86. The van der Waals surface area contributed by atoms with Gasteiger partial charge in [0.2, 0.25) is 0 Å². The number of thiophene rings is 1. The number of nitrogens with zero attached hydrogens (tertiary/aromatic N) is 1. The third-order valence-corrected chi connectivity index (χ3v) is 5.87. The summed E-state index contributed by atoms with van der Waals surface area (Å²) in [4.78, 5) is 39.3. The molecule has 0 bridgehead atoms. The van der Waals surface area contributed by atoms with Crippen LogP contribution < -0.4 is 10.6 Å². The molecular weight excluding hydrogens is 402 g/mol. The van der Waals surface area contributed by atoms with Crippen LogP contribution in [-0.2, 0) is 0 Å². The topological polar surface area (TPSA) is 91.7 Å². The van der Waals surface area contributed by atoms with E-state index in [0.29, 0.717) is 47.8 Å². The van der Waals surface area contributed by atoms with E-state index in [2.05, 4.69) is 10.6 Å². The van der Waals surface area contributed by atoms with Gasteiger partial charge in [0.05, 0.1) is 11.1 Å². The number of likely N-dealkylation sites (tertiary alicyclic amines) is 1. The smallest absolute Gasteiger partial charge is 0.289 e. The molecule has 2 N–H and O–H groups in total. The minimum Gasteiger partial charge on any atom is -0.459 e. The van der Waals surface area contributed by atoms with Crippen LogP contribution in [0.25, 0.3) is 0 Å². The van der Waals surface area contributed by atoms with Crippen molar-refractivity contribution in [2.75, 3.05) is 18.4 Å². The second-order valence-corrected chi connectivity index (χ2v) is 7.97. The molecule has 0 radical (unpaired) electrons. The fourth-order valence-electron chi connectivity index (χ4n) is 3.36. The molecule has 3 heterocycles. The largest absolute Gasteiger partial charge is 0.459 e. The summed E-state index contributed by atoms with van der Waals surface area (Å²) in [5, 5.41) is 7.69. The van der Waals surface area contributed by atoms with Crippen molar-refractivity contribution in [3.8, 4) is 0 Å². The van der Waals surface area contributed by atoms with Gasteiger partial charge in [-0.3, -0.25) is 14.4 Å². The van der Waals surface area contributed by atoms with Gasteiger partial charge < -0.3 is 20.0 Å². The number of carbonyl (C=O) groups excluding carboxylic acids is 3. The Bertz CT molecular complexity index is 1010. The SMILES string of the molecule is O=C(NC1CCN(C(=O)c2ccco2)CC1)c1ccc(NC(=O)c2cccs2)cc1. The summed E-state index contributed by atoms with van der Waals surface area (Å²) >= 11 is 1.37. The van der Waals surface area contributed by atoms with E-state index in [1.54, 1.807) is 47.4 Å². The Morgan fingerprint density at radius 3 is 2.37 bits per heavy atom. The molecule has 1 saturated heterocycles. The molecule has 0 atom stereocenters. The Morgan fingerprint density at radius 1 is 0.967 bits per heavy atom. The molecule has 0 spiro atoms. The van der Waals surface area contributed by atoms with E-state index in [-0.39, 0.29) is 23.8 Å². The summed E-state index contributed by atoms with van der Waals surface area (Å²) < 4.78 is 5.17. The van der Waals surface area contributed by atoms with Crippen molar-refractivity contribution in [1.29, 1.82) is 0 Å². The normalized spacial score (nSPS) is 14.3. The maximum Gasteiger partial charge on any atom is 0.289 e. The van der Waals surface area contributed by atoms with Gasteiger partial charge in [-0.15, -0.1) is 11.3 Å². The lowest BCUT2D eigenvalue weighted by Gasteiger charge is -2.31. The predicted molar refractivity (Wildman–Crippen MR) is 114 cm³/mol. The molecule has 2 aromatic heterocycles. The third kappa shape index (κ3) is 4.60. The molecule has 0 aliphatic carbocycles. The van der Waals surface area contributed by atoms with Gasteiger partial charge in [0.15, 0.2) is 5.76 Å². The minimum atomic E-state index is -0.168. The highest BCUT2D eigenvalue weighted by atomic mass is 32.1. The molecule has 0 saturated carbocycles. The van der Waals surface area contributed by atoms with Crippen LogP contribution in [-0.4, -0.2) is 41.8 Å². The van der Waals surface area contributed by atoms with Crippen LogP contribution in [0.15, 0.2) is 64.6 Å². The molecule has 8 heteroatoms. The molecular formula is C22H21N3O4S. The average Bonchev–Trinajstić information content (AvgIpc) is 3.48. The molecule has 3 amide bonds. The van der Waals surface area contributed by atoms with Gasteiger partial charge in [-0.1, -0.05) is 6.07 Å². The monoisotopic (exact) mass is 423 g/mol. The predicted octanol–water partition coefficient (Wildman–Crippen LogP) is 3.63. The fourth-order valence-corrected chi connectivity index (χ4v) is 3.98. The van der Waals surface area contributed by atoms with E-state index in [9.17, 15) is 14.4 Å². The van der Waals surface area contributed by atoms with Gasteiger partial charge in [0.25, 0.3) is 17.7 Å². The first-order valence-electron chi connectivity index (χ1n) is 9.69. The van der Waals surface area contributed by atoms with Crippen molar-refractivity contribution >= 4 is 34.7 Å². The lowest BCUT2D eigenvalue weighted by atomic mass is 10.0. The molecule has 0 unspecified atom stereocenters. The standard InChI is InChI=1S/C22H21N3O4S/c26-20(15-5-7-16(8-6-15)24-21(27)19-4-2-14-30-19)23-17-9-11-25(12-10-17)22(28)18-3-1-13-29-18/h1-8,13-14,17H,9-12H2,(H,23,26)(H,24,27). The maximum absolute atomic E-state index is 12.5. The summed E-state index contributed by atoms with van der Waals surface area (Å²) in [6.45, 7) is 1.14. The highest BCUT2D eigenvalue weighted by Gasteiger charge is 2.26. The zero-order valence-corrected chi connectivity index (χ0v) is 17.0. The van der Waals surface area contributed by atoms with Crippen molar-refractivity contribution in [1.82, 2.24) is 10.2 Å². The number of rotatable bonds is 5. The van der Waals surface area contributed by atoms with Gasteiger partial charge in [-0.05, 0) is 60.7 Å². The number of nitrogens with one attached hydrogen (secondary N) is 2. The van der Waals surface area contributed by atoms with Gasteiger partial charge >= 0.3 is 0 Å². The van der Waals surface area contributed by atoms with Crippen molar-refractivity contribution in [3.05, 3.63) is 76.4 Å². The Kier molecular flexibility index (Phi) is 5.94. The van der Waals surface area contributed by atoms with Gasteiger partial charge in [0.1, 0.15) is 0 Å². The van der Waals surface area contributed by atoms with Crippen LogP contribution >= 0.6 is 11.3 Å². The number of carbonyl (C=O) groups is 3. The average molecular weight is 423 g/mol. The Hall–Kier alpha value is -3.39. The van der Waals surface area contributed by atoms with Gasteiger partial charge in [0, 0.05) is 30.4 Å². The van der Waals surface area contributed by atoms with E-state index in [1.807, 2.05) is 11.4 Å². The number of hydrogen-bond donors (Lipinski definition) is 2. The quantitative estimate of drug-likeness (QED) is 0.656. The highest BCUT2D eigenvalue weighted by molar-refractivity contribution is 7.12. The Morgan fingerprint density at radius 2 is 1.73 bits per heavy atom. The summed E-state index contributed by atoms with van der Waals surface area (Å²) in [7, 11) is 0. The first kappa shape index (κ1) is 19.9. The molecule has 154 valence electrons. The molecule has 1 fully saturated rings. The first-order valence-corrected chi connectivity index (χ1v) is 10.6. The summed E-state index contributed by atoms with van der Waals surface area (Å²) in [5.74, 6) is -0.117. The van der Waals surface area contributed by atoms with Crippen LogP contribution in [0.3, 0.4) is 0 Å². The van der Waals surface area contributed by atoms with Crippen molar-refractivity contribution in [2.24, 2.45) is 0 Å². The van der Waals surface area contributed by atoms with Crippen LogP contribution in [0.5, 0.6) is 0 Å². The highest BCUT2D eigenvalue weighted by Crippen LogP contribution is 2.17. The second kappa shape index (κ2) is 8.96. The molecule has 7 nitrogen and oxygen atoms in total. The lowest BCUT2D eigenvalue weighted by molar-refractivity contribution is 0.0667. The number of anilines is 1. The summed E-state index contributed by atoms with van der Waals surface area (Å²) in [6, 6.07) is 13.7. The zero-order valence-electron chi connectivity index (χ0n) is 16.2. The molecule has 4 rings (SSSR count). The lowest BCUT2D eigenvalue weighted by Crippen LogP contribution is -2.46. The number of furan rings is 1. The molecule has 30 heavy (non-hydrogen) atoms. The van der Waals surface area contributed by atoms with Gasteiger partial charge in [-0.25, -0.2) is 0 Å². The number of benzene rings is 1.